The van der Waals surface area contributed by atoms with Crippen molar-refractivity contribution in [2.24, 2.45) is 5.10 Å². The minimum Gasteiger partial charge on any atom is -0.507 e. The lowest BCUT2D eigenvalue weighted by Crippen LogP contribution is -2.19. The number of benzene rings is 2. The van der Waals surface area contributed by atoms with Gasteiger partial charge in [0.25, 0.3) is 0 Å². The number of hydrazone groups is 1. The van der Waals surface area contributed by atoms with Crippen molar-refractivity contribution in [3.8, 4) is 5.75 Å². The highest BCUT2D eigenvalue weighted by molar-refractivity contribution is 5.86. The number of hydrogen-bond acceptors (Lipinski definition) is 3. The Bertz CT molecular complexity index is 622. The molecule has 0 saturated heterocycles. The van der Waals surface area contributed by atoms with Crippen LogP contribution in [0.15, 0.2) is 53.6 Å². The summed E-state index contributed by atoms with van der Waals surface area (Å²) in [6.45, 7) is 1.81. The van der Waals surface area contributed by atoms with Gasteiger partial charge in [0.05, 0.1) is 12.6 Å². The van der Waals surface area contributed by atoms with E-state index in [0.29, 0.717) is 5.56 Å². The molecule has 1 amide bonds. The van der Waals surface area contributed by atoms with Crippen LogP contribution in [0.4, 0.5) is 0 Å². The maximum atomic E-state index is 11.7. The first-order valence-electron chi connectivity index (χ1n) is 6.31. The fraction of sp³-hybridized carbons (Fsp3) is 0.125. The van der Waals surface area contributed by atoms with Crippen LogP contribution in [-0.4, -0.2) is 17.2 Å². The van der Waals surface area contributed by atoms with Gasteiger partial charge in [-0.1, -0.05) is 42.5 Å². The molecule has 0 aliphatic heterocycles. The van der Waals surface area contributed by atoms with Crippen molar-refractivity contribution < 1.29 is 9.90 Å². The Morgan fingerprint density at radius 2 is 1.95 bits per heavy atom. The van der Waals surface area contributed by atoms with E-state index in [4.69, 9.17) is 0 Å². The van der Waals surface area contributed by atoms with Gasteiger partial charge in [0.15, 0.2) is 0 Å². The summed E-state index contributed by atoms with van der Waals surface area (Å²) in [5.41, 5.74) is 4.72. The molecular formula is C16H16N2O2. The minimum absolute atomic E-state index is 0.175. The molecule has 0 atom stereocenters. The second-order valence-corrected chi connectivity index (χ2v) is 4.47. The molecule has 2 rings (SSSR count). The smallest absolute Gasteiger partial charge is 0.244 e. The first-order chi connectivity index (χ1) is 9.66. The van der Waals surface area contributed by atoms with Crippen molar-refractivity contribution in [1.82, 2.24) is 5.43 Å². The van der Waals surface area contributed by atoms with Crippen molar-refractivity contribution >= 4 is 12.1 Å². The number of carbonyl (C=O) groups is 1. The van der Waals surface area contributed by atoms with Crippen LogP contribution in [0, 0.1) is 6.92 Å². The lowest BCUT2D eigenvalue weighted by Gasteiger charge is -2.02. The van der Waals surface area contributed by atoms with Gasteiger partial charge in [0.2, 0.25) is 5.91 Å². The summed E-state index contributed by atoms with van der Waals surface area (Å²) in [5.74, 6) is -0.0202. The van der Waals surface area contributed by atoms with E-state index in [2.05, 4.69) is 10.5 Å². The zero-order chi connectivity index (χ0) is 14.4. The van der Waals surface area contributed by atoms with Crippen molar-refractivity contribution in [3.63, 3.8) is 0 Å². The summed E-state index contributed by atoms with van der Waals surface area (Å²) in [6, 6.07) is 14.8. The molecule has 0 radical (unpaired) electrons. The van der Waals surface area contributed by atoms with Crippen LogP contribution in [0.25, 0.3) is 0 Å². The van der Waals surface area contributed by atoms with E-state index in [0.717, 1.165) is 11.1 Å². The number of nitrogens with one attached hydrogen (secondary N) is 1. The number of aryl methyl sites for hydroxylation is 1. The second kappa shape index (κ2) is 6.52. The van der Waals surface area contributed by atoms with Gasteiger partial charge in [0.1, 0.15) is 5.75 Å². The third-order valence-corrected chi connectivity index (χ3v) is 2.87. The molecule has 0 unspecified atom stereocenters. The monoisotopic (exact) mass is 268 g/mol. The summed E-state index contributed by atoms with van der Waals surface area (Å²) >= 11 is 0. The highest BCUT2D eigenvalue weighted by Crippen LogP contribution is 2.19. The molecule has 0 heterocycles. The molecule has 2 N–H and O–H groups in total. The molecule has 20 heavy (non-hydrogen) atoms. The lowest BCUT2D eigenvalue weighted by molar-refractivity contribution is -0.120. The van der Waals surface area contributed by atoms with Crippen LogP contribution in [0.5, 0.6) is 5.75 Å². The van der Waals surface area contributed by atoms with Crippen LogP contribution in [0.1, 0.15) is 16.7 Å². The van der Waals surface area contributed by atoms with Gasteiger partial charge in [-0.05, 0) is 24.1 Å². The molecular weight excluding hydrogens is 252 g/mol. The summed E-state index contributed by atoms with van der Waals surface area (Å²) in [6.07, 6.45) is 1.71. The normalized spacial score (nSPS) is 10.7. The van der Waals surface area contributed by atoms with Crippen LogP contribution >= 0.6 is 0 Å². The third kappa shape index (κ3) is 3.68. The highest BCUT2D eigenvalue weighted by Gasteiger charge is 2.02. The summed E-state index contributed by atoms with van der Waals surface area (Å²) in [4.78, 5) is 11.7. The van der Waals surface area contributed by atoms with Crippen LogP contribution in [-0.2, 0) is 11.2 Å². The average Bonchev–Trinajstić information content (AvgIpc) is 2.44. The average molecular weight is 268 g/mol. The molecule has 4 nitrogen and oxygen atoms in total. The molecule has 0 aliphatic rings. The minimum atomic E-state index is -0.195. The largest absolute Gasteiger partial charge is 0.507 e. The Balaban J connectivity index is 1.93. The predicted molar refractivity (Wildman–Crippen MR) is 78.7 cm³/mol. The SMILES string of the molecule is Cc1cccc(/C=N/NC(=O)Cc2ccccc2)c1O. The first-order valence-corrected chi connectivity index (χ1v) is 6.31. The van der Waals surface area contributed by atoms with E-state index in [-0.39, 0.29) is 18.1 Å². The van der Waals surface area contributed by atoms with Gasteiger partial charge in [-0.25, -0.2) is 5.43 Å². The summed E-state index contributed by atoms with van der Waals surface area (Å²) in [7, 11) is 0. The van der Waals surface area contributed by atoms with Gasteiger partial charge in [0, 0.05) is 5.56 Å². The molecule has 0 fully saturated rings. The Morgan fingerprint density at radius 1 is 1.20 bits per heavy atom. The van der Waals surface area contributed by atoms with E-state index < -0.39 is 0 Å². The van der Waals surface area contributed by atoms with Crippen molar-refractivity contribution in [2.75, 3.05) is 0 Å². The van der Waals surface area contributed by atoms with Gasteiger partial charge >= 0.3 is 0 Å². The summed E-state index contributed by atoms with van der Waals surface area (Å²) in [5, 5.41) is 13.6. The van der Waals surface area contributed by atoms with Crippen LogP contribution < -0.4 is 5.43 Å². The van der Waals surface area contributed by atoms with Crippen LogP contribution in [0.3, 0.4) is 0 Å². The highest BCUT2D eigenvalue weighted by atomic mass is 16.3. The molecule has 0 aromatic heterocycles. The van der Waals surface area contributed by atoms with E-state index >= 15 is 0 Å². The standard InChI is InChI=1S/C16H16N2O2/c1-12-6-5-9-14(16(12)20)11-17-18-15(19)10-13-7-3-2-4-8-13/h2-9,11,20H,10H2,1H3,(H,18,19)/b17-11+. The lowest BCUT2D eigenvalue weighted by atomic mass is 10.1. The maximum absolute atomic E-state index is 11.7. The molecule has 4 heteroatoms. The predicted octanol–water partition coefficient (Wildman–Crippen LogP) is 2.39. The number of hydrogen-bond donors (Lipinski definition) is 2. The fourth-order valence-electron chi connectivity index (χ4n) is 1.78. The number of carbonyl (C=O) groups excluding carboxylic acids is 1. The maximum Gasteiger partial charge on any atom is 0.244 e. The Morgan fingerprint density at radius 3 is 2.70 bits per heavy atom. The van der Waals surface area contributed by atoms with E-state index in [1.165, 1.54) is 6.21 Å². The topological polar surface area (TPSA) is 61.7 Å². The zero-order valence-corrected chi connectivity index (χ0v) is 11.2. The third-order valence-electron chi connectivity index (χ3n) is 2.87. The number of nitrogens with zero attached hydrogens (tertiary/aromatic N) is 1. The zero-order valence-electron chi connectivity index (χ0n) is 11.2. The van der Waals surface area contributed by atoms with Crippen molar-refractivity contribution in [2.45, 2.75) is 13.3 Å². The Hall–Kier alpha value is -2.62. The summed E-state index contributed by atoms with van der Waals surface area (Å²) < 4.78 is 0. The van der Waals surface area contributed by atoms with Crippen molar-refractivity contribution in [1.29, 1.82) is 0 Å². The van der Waals surface area contributed by atoms with Crippen molar-refractivity contribution in [3.05, 3.63) is 65.2 Å². The van der Waals surface area contributed by atoms with Crippen LogP contribution in [0.2, 0.25) is 0 Å². The molecule has 2 aromatic rings. The number of phenolic OH excluding ortho intramolecular Hbond substituents is 1. The van der Waals surface area contributed by atoms with Gasteiger partial charge in [-0.3, -0.25) is 4.79 Å². The number of amides is 1. The molecule has 0 saturated carbocycles. The molecule has 0 bridgehead atoms. The number of para-hydroxylation sites is 1. The van der Waals surface area contributed by atoms with Gasteiger partial charge in [-0.2, -0.15) is 5.10 Å². The first kappa shape index (κ1) is 13.8. The van der Waals surface area contributed by atoms with Gasteiger partial charge < -0.3 is 5.11 Å². The Kier molecular flexibility index (Phi) is 4.50. The quantitative estimate of drug-likeness (QED) is 0.660. The second-order valence-electron chi connectivity index (χ2n) is 4.47. The number of phenols is 1. The molecule has 0 aliphatic carbocycles. The fourth-order valence-corrected chi connectivity index (χ4v) is 1.78. The van der Waals surface area contributed by atoms with E-state index in [1.54, 1.807) is 19.1 Å². The molecule has 2 aromatic carbocycles. The van der Waals surface area contributed by atoms with E-state index in [9.17, 15) is 9.90 Å². The van der Waals surface area contributed by atoms with E-state index in [1.807, 2.05) is 36.4 Å². The molecule has 0 spiro atoms. The number of rotatable bonds is 4. The molecule has 102 valence electrons. The number of aromatic hydroxyl groups is 1. The van der Waals surface area contributed by atoms with Gasteiger partial charge in [-0.15, -0.1) is 0 Å². The Labute approximate surface area is 117 Å².